The Hall–Kier alpha value is -8.79. The molecular formula is C40H44N12O17-6. The van der Waals surface area contributed by atoms with Crippen molar-refractivity contribution in [2.24, 2.45) is 0 Å². The van der Waals surface area contributed by atoms with Crippen LogP contribution in [0.25, 0.3) is 11.2 Å². The lowest BCUT2D eigenvalue weighted by Crippen LogP contribution is -2.51. The lowest BCUT2D eigenvalue weighted by atomic mass is 10.1. The Balaban J connectivity index is 1.46. The number of hydrogen-bond donors (Lipinski definition) is 7. The van der Waals surface area contributed by atoms with Gasteiger partial charge in [0.25, 0.3) is 5.91 Å². The van der Waals surface area contributed by atoms with Crippen molar-refractivity contribution in [3.05, 3.63) is 41.7 Å². The molecule has 0 aliphatic rings. The van der Waals surface area contributed by atoms with Gasteiger partial charge in [0.05, 0.1) is 78.5 Å². The highest BCUT2D eigenvalue weighted by Crippen LogP contribution is 2.19. The number of nitrogen functional groups attached to an aromatic ring is 2. The SMILES string of the molecule is CN(Cc1cnc2nc(N)nc(N)c2n1)c1ccc(C(=O)N[C@@H](CCC(=O)N[C@@H](CCC(=O)N[C@@H](CCC(=O)N[C@@H](CCC(=O)N[C@@H](CCC(=O)[O-])C(=O)[O-])C(=O)[O-])C(=O)[O-])C(=O)[O-])C(=O)[O-])cc1. The van der Waals surface area contributed by atoms with Crippen LogP contribution in [-0.2, 0) is 54.5 Å². The van der Waals surface area contributed by atoms with Gasteiger partial charge in [-0.2, -0.15) is 9.97 Å². The number of carboxylic acids is 6. The maximum atomic E-state index is 12.9. The van der Waals surface area contributed by atoms with E-state index in [2.05, 4.69) is 25.3 Å². The molecule has 0 aliphatic carbocycles. The fourth-order valence-corrected chi connectivity index (χ4v) is 6.18. The number of hydrogen-bond acceptors (Lipinski definition) is 24. The van der Waals surface area contributed by atoms with E-state index in [-0.39, 0.29) is 35.0 Å². The zero-order valence-corrected chi connectivity index (χ0v) is 36.4. The van der Waals surface area contributed by atoms with Crippen LogP contribution in [0.2, 0.25) is 0 Å². The maximum absolute atomic E-state index is 12.9. The van der Waals surface area contributed by atoms with Gasteiger partial charge in [0.1, 0.15) is 0 Å². The van der Waals surface area contributed by atoms with E-state index in [4.69, 9.17) is 11.5 Å². The molecule has 0 spiro atoms. The predicted molar refractivity (Wildman–Crippen MR) is 218 cm³/mol. The topological polar surface area (TPSA) is 493 Å². The Morgan fingerprint density at radius 1 is 0.536 bits per heavy atom. The lowest BCUT2D eigenvalue weighted by Gasteiger charge is -2.24. The molecule has 3 aromatic rings. The number of amides is 5. The number of carbonyl (C=O) groups is 11. The van der Waals surface area contributed by atoms with Gasteiger partial charge in [-0.3, -0.25) is 24.0 Å². The van der Waals surface area contributed by atoms with Crippen LogP contribution >= 0.6 is 0 Å². The Kier molecular flexibility index (Phi) is 20.4. The van der Waals surface area contributed by atoms with E-state index in [1.54, 1.807) is 24.1 Å². The molecule has 69 heavy (non-hydrogen) atoms. The van der Waals surface area contributed by atoms with Crippen molar-refractivity contribution >= 4 is 94.0 Å². The minimum Gasteiger partial charge on any atom is -0.550 e. The largest absolute Gasteiger partial charge is 0.550 e. The average molecular weight is 965 g/mol. The van der Waals surface area contributed by atoms with Crippen LogP contribution in [0.1, 0.15) is 80.3 Å². The number of fused-ring (bicyclic) bond motifs is 1. The van der Waals surface area contributed by atoms with Crippen molar-refractivity contribution in [2.75, 3.05) is 23.4 Å². The third kappa shape index (κ3) is 18.2. The summed E-state index contributed by atoms with van der Waals surface area (Å²) < 4.78 is 0. The second-order valence-corrected chi connectivity index (χ2v) is 15.1. The van der Waals surface area contributed by atoms with E-state index in [9.17, 15) is 83.4 Å². The van der Waals surface area contributed by atoms with Crippen LogP contribution in [0.5, 0.6) is 0 Å². The van der Waals surface area contributed by atoms with Crippen LogP contribution < -0.4 is 73.6 Å². The number of nitrogens with one attached hydrogen (secondary N) is 5. The van der Waals surface area contributed by atoms with Crippen LogP contribution in [0, 0.1) is 0 Å². The molecule has 0 fully saturated rings. The summed E-state index contributed by atoms with van der Waals surface area (Å²) in [5.41, 5.74) is 13.1. The normalized spacial score (nSPS) is 13.0. The molecule has 0 aliphatic heterocycles. The Labute approximate surface area is 389 Å². The van der Waals surface area contributed by atoms with Crippen LogP contribution in [0.4, 0.5) is 17.5 Å². The van der Waals surface area contributed by atoms with Crippen molar-refractivity contribution < 1.29 is 83.4 Å². The number of aromatic nitrogens is 4. The van der Waals surface area contributed by atoms with Gasteiger partial charge in [-0.25, -0.2) is 9.97 Å². The van der Waals surface area contributed by atoms with Gasteiger partial charge in [-0.1, -0.05) is 0 Å². The fourth-order valence-electron chi connectivity index (χ4n) is 6.18. The van der Waals surface area contributed by atoms with Crippen LogP contribution in [0.3, 0.4) is 0 Å². The number of benzene rings is 1. The van der Waals surface area contributed by atoms with Crippen molar-refractivity contribution in [1.82, 2.24) is 46.5 Å². The van der Waals surface area contributed by atoms with Crippen molar-refractivity contribution in [3.63, 3.8) is 0 Å². The van der Waals surface area contributed by atoms with Crippen molar-refractivity contribution in [2.45, 2.75) is 101 Å². The Bertz CT molecular complexity index is 2440. The van der Waals surface area contributed by atoms with Gasteiger partial charge in [0, 0.05) is 50.0 Å². The Morgan fingerprint density at radius 2 is 0.913 bits per heavy atom. The summed E-state index contributed by atoms with van der Waals surface area (Å²) in [6.45, 7) is 0.235. The molecule has 0 unspecified atom stereocenters. The van der Waals surface area contributed by atoms with Crippen molar-refractivity contribution in [3.8, 4) is 0 Å². The first kappa shape index (κ1) is 54.5. The summed E-state index contributed by atoms with van der Waals surface area (Å²) >= 11 is 0. The fraction of sp³-hybridized carbons (Fsp3) is 0.425. The number of rotatable bonds is 29. The molecule has 29 heteroatoms. The van der Waals surface area contributed by atoms with E-state index < -0.39 is 160 Å². The second-order valence-electron chi connectivity index (χ2n) is 15.1. The molecule has 0 saturated carbocycles. The molecule has 3 rings (SSSR count). The summed E-state index contributed by atoms with van der Waals surface area (Å²) in [7, 11) is 1.72. The average Bonchev–Trinajstić information content (AvgIpc) is 3.27. The van der Waals surface area contributed by atoms with Gasteiger partial charge >= 0.3 is 0 Å². The highest BCUT2D eigenvalue weighted by molar-refractivity contribution is 5.97. The molecule has 29 nitrogen and oxygen atoms in total. The molecule has 0 bridgehead atoms. The van der Waals surface area contributed by atoms with E-state index >= 15 is 0 Å². The number of nitrogens with zero attached hydrogens (tertiary/aromatic N) is 5. The molecule has 5 amide bonds. The number of aliphatic carboxylic acids is 6. The van der Waals surface area contributed by atoms with Gasteiger partial charge in [0.2, 0.25) is 29.6 Å². The zero-order chi connectivity index (χ0) is 51.5. The number of carbonyl (C=O) groups excluding carboxylic acids is 11. The predicted octanol–water partition coefficient (Wildman–Crippen LogP) is -10.3. The smallest absolute Gasteiger partial charge is 0.251 e. The van der Waals surface area contributed by atoms with E-state index in [0.717, 1.165) is 0 Å². The second kappa shape index (κ2) is 25.8. The van der Waals surface area contributed by atoms with Gasteiger partial charge in [-0.05, 0) is 62.8 Å². The number of carboxylic acid groups (broad SMARTS) is 6. The monoisotopic (exact) mass is 964 g/mol. The maximum Gasteiger partial charge on any atom is 0.251 e. The van der Waals surface area contributed by atoms with Gasteiger partial charge in [-0.15, -0.1) is 0 Å². The molecular weight excluding hydrogens is 921 g/mol. The lowest BCUT2D eigenvalue weighted by molar-refractivity contribution is -0.311. The summed E-state index contributed by atoms with van der Waals surface area (Å²) in [5.74, 6) is -16.1. The van der Waals surface area contributed by atoms with E-state index in [1.807, 2.05) is 21.3 Å². The summed E-state index contributed by atoms with van der Waals surface area (Å²) in [6, 6.07) is -3.17. The standard InChI is InChI=1S/C40H50N12O17/c1-52(17-19-16-43-33-31(44-19)32(41)50-40(42)51-33)20-4-2-18(3-5-20)34(59)49-25(39(68)69)9-14-29(56)47-23(37(64)65)7-12-27(54)45-21(35(60)61)6-11-26(53)46-22(36(62)63)8-13-28(55)48-24(38(66)67)10-15-30(57)58/h2-5,16,21-25H,6-15,17H2,1H3,(H,45,54)(H,46,53)(H,47,56)(H,48,55)(H,49,59)(H,57,58)(H,60,61)(H,62,63)(H,64,65)(H,66,67)(H,68,69)(H4,41,42,43,50,51)/p-6/t21-,22-,23-,24-,25-/m0/s1. The highest BCUT2D eigenvalue weighted by atomic mass is 16.4. The number of nitrogens with two attached hydrogens (primary N) is 2. The van der Waals surface area contributed by atoms with Gasteiger partial charge in [0.15, 0.2) is 17.0 Å². The molecule has 1 aromatic carbocycles. The first-order valence-corrected chi connectivity index (χ1v) is 20.5. The first-order chi connectivity index (χ1) is 32.4. The highest BCUT2D eigenvalue weighted by Gasteiger charge is 2.23. The van der Waals surface area contributed by atoms with Crippen LogP contribution in [-0.4, -0.2) is 123 Å². The molecule has 2 heterocycles. The molecule has 0 saturated heterocycles. The van der Waals surface area contributed by atoms with Crippen molar-refractivity contribution in [1.29, 1.82) is 0 Å². The molecule has 0 radical (unpaired) electrons. The molecule has 9 N–H and O–H groups in total. The zero-order valence-electron chi connectivity index (χ0n) is 36.4. The summed E-state index contributed by atoms with van der Waals surface area (Å²) in [5, 5.41) is 78.7. The minimum absolute atomic E-state index is 0.0271. The molecule has 5 atom stereocenters. The third-order valence-corrected chi connectivity index (χ3v) is 9.82. The molecule has 372 valence electrons. The third-order valence-electron chi connectivity index (χ3n) is 9.82. The van der Waals surface area contributed by atoms with Gasteiger partial charge < -0.3 is 102 Å². The Morgan fingerprint density at radius 3 is 1.29 bits per heavy atom. The van der Waals surface area contributed by atoms with E-state index in [0.29, 0.717) is 11.4 Å². The summed E-state index contributed by atoms with van der Waals surface area (Å²) in [6.07, 6.45) is -5.36. The van der Waals surface area contributed by atoms with E-state index in [1.165, 1.54) is 18.3 Å². The number of anilines is 3. The first-order valence-electron chi connectivity index (χ1n) is 20.5. The van der Waals surface area contributed by atoms with Crippen LogP contribution in [0.15, 0.2) is 30.5 Å². The minimum atomic E-state index is -1.91. The molecule has 2 aromatic heterocycles. The summed E-state index contributed by atoms with van der Waals surface area (Å²) in [4.78, 5) is 150. The quantitative estimate of drug-likeness (QED) is 0.0340.